The minimum Gasteiger partial charge on any atom is -0.381 e. The van der Waals surface area contributed by atoms with Gasteiger partial charge >= 0.3 is 6.18 Å². The van der Waals surface area contributed by atoms with Gasteiger partial charge in [0.05, 0.1) is 29.9 Å². The van der Waals surface area contributed by atoms with Gasteiger partial charge in [-0.1, -0.05) is 0 Å². The van der Waals surface area contributed by atoms with Crippen molar-refractivity contribution < 1.29 is 18.3 Å². The monoisotopic (exact) mass is 323 g/mol. The number of aliphatic hydroxyl groups is 1. The summed E-state index contributed by atoms with van der Waals surface area (Å²) < 4.78 is 39.1. The van der Waals surface area contributed by atoms with Crippen molar-refractivity contribution in [2.24, 2.45) is 0 Å². The molecule has 1 aromatic carbocycles. The van der Waals surface area contributed by atoms with Crippen LogP contribution < -0.4 is 4.90 Å². The van der Waals surface area contributed by atoms with Crippen molar-refractivity contribution >= 4 is 5.69 Å². The van der Waals surface area contributed by atoms with Gasteiger partial charge in [-0.25, -0.2) is 0 Å². The molecule has 1 fully saturated rings. The van der Waals surface area contributed by atoms with E-state index in [0.29, 0.717) is 24.3 Å². The van der Waals surface area contributed by atoms with Crippen molar-refractivity contribution in [3.05, 3.63) is 41.2 Å². The number of hydrogen-bond donors (Lipinski definition) is 2. The van der Waals surface area contributed by atoms with Crippen LogP contribution >= 0.6 is 0 Å². The highest BCUT2D eigenvalue weighted by molar-refractivity contribution is 5.56. The van der Waals surface area contributed by atoms with E-state index >= 15 is 0 Å². The van der Waals surface area contributed by atoms with Crippen molar-refractivity contribution in [3.8, 4) is 6.07 Å². The van der Waals surface area contributed by atoms with Gasteiger partial charge in [0.1, 0.15) is 11.3 Å². The molecule has 3 rings (SSSR count). The summed E-state index contributed by atoms with van der Waals surface area (Å²) in [6.07, 6.45) is -2.90. The maximum Gasteiger partial charge on any atom is 0.417 e. The van der Waals surface area contributed by atoms with E-state index in [2.05, 4.69) is 15.4 Å². The second-order valence-electron chi connectivity index (χ2n) is 5.40. The number of anilines is 1. The number of rotatable bonds is 2. The molecule has 1 aromatic heterocycles. The predicted octanol–water partition coefficient (Wildman–Crippen LogP) is 1.79. The molecule has 0 saturated carbocycles. The van der Waals surface area contributed by atoms with Gasteiger partial charge in [0.25, 0.3) is 0 Å². The maximum atomic E-state index is 13.0. The van der Waals surface area contributed by atoms with E-state index in [0.717, 1.165) is 12.1 Å². The number of nitriles is 1. The first-order valence-corrected chi connectivity index (χ1v) is 6.78. The molecule has 0 radical (unpaired) electrons. The first-order valence-electron chi connectivity index (χ1n) is 6.78. The zero-order valence-electron chi connectivity index (χ0n) is 11.8. The average molecular weight is 323 g/mol. The normalized spacial score (nSPS) is 21.4. The Hall–Kier alpha value is -2.60. The van der Waals surface area contributed by atoms with Crippen LogP contribution in [0.25, 0.3) is 0 Å². The number of nitrogens with one attached hydrogen (secondary N) is 1. The van der Waals surface area contributed by atoms with Gasteiger partial charge in [0.2, 0.25) is 0 Å². The quantitative estimate of drug-likeness (QED) is 0.879. The summed E-state index contributed by atoms with van der Waals surface area (Å²) in [6.45, 7) is 0.468. The zero-order valence-corrected chi connectivity index (χ0v) is 11.8. The van der Waals surface area contributed by atoms with Crippen LogP contribution in [0, 0.1) is 11.3 Å². The molecule has 1 aliphatic rings. The molecule has 0 bridgehead atoms. The highest BCUT2D eigenvalue weighted by Gasteiger charge is 2.41. The van der Waals surface area contributed by atoms with Crippen molar-refractivity contribution in [3.63, 3.8) is 0 Å². The van der Waals surface area contributed by atoms with Crippen molar-refractivity contribution in [2.45, 2.75) is 18.2 Å². The fourth-order valence-corrected chi connectivity index (χ4v) is 2.71. The predicted molar refractivity (Wildman–Crippen MR) is 73.3 cm³/mol. The van der Waals surface area contributed by atoms with Crippen molar-refractivity contribution in [1.29, 1.82) is 5.26 Å². The number of nitrogens with zero attached hydrogens (tertiary/aromatic N) is 4. The summed E-state index contributed by atoms with van der Waals surface area (Å²) in [6, 6.07) is 5.08. The standard InChI is InChI=1S/C14H12F3N5O/c15-14(16,17)11-5-10(2-1-9(11)6-18)22-4-3-13(23,8-22)12-7-19-21-20-12/h1-2,5,7,23H,3-4,8H2,(H,19,20,21)/t13-/m1/s1. The Balaban J connectivity index is 1.91. The Kier molecular flexibility index (Phi) is 3.49. The van der Waals surface area contributed by atoms with E-state index in [1.807, 2.05) is 0 Å². The molecule has 9 heteroatoms. The van der Waals surface area contributed by atoms with Gasteiger partial charge in [-0.2, -0.15) is 33.8 Å². The molecule has 0 amide bonds. The summed E-state index contributed by atoms with van der Waals surface area (Å²) in [7, 11) is 0. The minimum absolute atomic E-state index is 0.0999. The molecule has 0 unspecified atom stereocenters. The molecule has 1 saturated heterocycles. The molecule has 2 heterocycles. The topological polar surface area (TPSA) is 88.8 Å². The van der Waals surface area contributed by atoms with Crippen molar-refractivity contribution in [2.75, 3.05) is 18.0 Å². The number of hydrogen-bond acceptors (Lipinski definition) is 5. The lowest BCUT2D eigenvalue weighted by Gasteiger charge is -2.23. The summed E-state index contributed by atoms with van der Waals surface area (Å²) in [5.41, 5.74) is -2.01. The number of benzene rings is 1. The smallest absolute Gasteiger partial charge is 0.381 e. The maximum absolute atomic E-state index is 13.0. The molecule has 1 atom stereocenters. The van der Waals surface area contributed by atoms with E-state index in [1.165, 1.54) is 12.3 Å². The summed E-state index contributed by atoms with van der Waals surface area (Å²) in [5, 5.41) is 29.3. The van der Waals surface area contributed by atoms with Crippen LogP contribution in [0.4, 0.5) is 18.9 Å². The third-order valence-corrected chi connectivity index (χ3v) is 3.93. The molecule has 0 aliphatic carbocycles. The van der Waals surface area contributed by atoms with E-state index < -0.39 is 22.9 Å². The van der Waals surface area contributed by atoms with Gasteiger partial charge in [-0.05, 0) is 18.2 Å². The highest BCUT2D eigenvalue weighted by atomic mass is 19.4. The first-order chi connectivity index (χ1) is 10.8. The van der Waals surface area contributed by atoms with Crippen LogP contribution in [0.1, 0.15) is 23.2 Å². The van der Waals surface area contributed by atoms with Crippen LogP contribution in [0.2, 0.25) is 0 Å². The molecular weight excluding hydrogens is 311 g/mol. The molecule has 23 heavy (non-hydrogen) atoms. The Bertz CT molecular complexity index is 753. The number of aromatic amines is 1. The Morgan fingerprint density at radius 2 is 2.17 bits per heavy atom. The minimum atomic E-state index is -4.61. The third kappa shape index (κ3) is 2.73. The third-order valence-electron chi connectivity index (χ3n) is 3.93. The molecule has 6 nitrogen and oxygen atoms in total. The van der Waals surface area contributed by atoms with Crippen molar-refractivity contribution in [1.82, 2.24) is 15.4 Å². The lowest BCUT2D eigenvalue weighted by molar-refractivity contribution is -0.137. The van der Waals surface area contributed by atoms with Crippen LogP contribution in [0.5, 0.6) is 0 Å². The van der Waals surface area contributed by atoms with E-state index in [-0.39, 0.29) is 6.54 Å². The van der Waals surface area contributed by atoms with E-state index in [1.54, 1.807) is 11.0 Å². The van der Waals surface area contributed by atoms with Crippen LogP contribution in [0.3, 0.4) is 0 Å². The molecule has 120 valence electrons. The fourth-order valence-electron chi connectivity index (χ4n) is 2.71. The lowest BCUT2D eigenvalue weighted by Crippen LogP contribution is -2.31. The van der Waals surface area contributed by atoms with Crippen LogP contribution in [-0.4, -0.2) is 33.6 Å². The number of H-pyrrole nitrogens is 1. The van der Waals surface area contributed by atoms with Gasteiger partial charge < -0.3 is 10.0 Å². The lowest BCUT2D eigenvalue weighted by atomic mass is 10.00. The summed E-state index contributed by atoms with van der Waals surface area (Å²) >= 11 is 0. The number of alkyl halides is 3. The molecular formula is C14H12F3N5O. The van der Waals surface area contributed by atoms with Gasteiger partial charge in [0, 0.05) is 18.7 Å². The van der Waals surface area contributed by atoms with E-state index in [4.69, 9.17) is 5.26 Å². The fraction of sp³-hybridized carbons (Fsp3) is 0.357. The Morgan fingerprint density at radius 3 is 2.78 bits per heavy atom. The molecule has 2 N–H and O–H groups in total. The molecule has 0 spiro atoms. The first kappa shape index (κ1) is 15.3. The van der Waals surface area contributed by atoms with E-state index in [9.17, 15) is 18.3 Å². The average Bonchev–Trinajstić information content (AvgIpc) is 3.16. The summed E-state index contributed by atoms with van der Waals surface area (Å²) in [5.74, 6) is 0. The number of halogens is 3. The van der Waals surface area contributed by atoms with Crippen LogP contribution in [-0.2, 0) is 11.8 Å². The van der Waals surface area contributed by atoms with Gasteiger partial charge in [-0.15, -0.1) is 0 Å². The number of β-amino-alcohol motifs (C(OH)–C–C–N with tert-alkyl or cyclic N) is 1. The second kappa shape index (κ2) is 5.24. The second-order valence-corrected chi connectivity index (χ2v) is 5.40. The number of aromatic nitrogens is 3. The molecule has 1 aliphatic heterocycles. The molecule has 2 aromatic rings. The summed E-state index contributed by atoms with van der Waals surface area (Å²) in [4.78, 5) is 1.63. The zero-order chi connectivity index (χ0) is 16.7. The SMILES string of the molecule is N#Cc1ccc(N2CC[C@](O)(c3cn[nH]n3)C2)cc1C(F)(F)F. The Morgan fingerprint density at radius 1 is 1.39 bits per heavy atom. The van der Waals surface area contributed by atoms with Gasteiger partial charge in [-0.3, -0.25) is 0 Å². The largest absolute Gasteiger partial charge is 0.417 e. The highest BCUT2D eigenvalue weighted by Crippen LogP contribution is 2.37. The van der Waals surface area contributed by atoms with Gasteiger partial charge in [0.15, 0.2) is 0 Å². The van der Waals surface area contributed by atoms with Crippen LogP contribution in [0.15, 0.2) is 24.4 Å². The Labute approximate surface area is 129 Å².